The molecule has 1 amide bonds. The van der Waals surface area contributed by atoms with Crippen molar-refractivity contribution in [3.63, 3.8) is 0 Å². The van der Waals surface area contributed by atoms with Crippen molar-refractivity contribution in [3.05, 3.63) is 59.7 Å². The van der Waals surface area contributed by atoms with Crippen molar-refractivity contribution in [2.75, 3.05) is 6.61 Å². The van der Waals surface area contributed by atoms with Crippen LogP contribution in [0, 0.1) is 11.8 Å². The van der Waals surface area contributed by atoms with Gasteiger partial charge < -0.3 is 15.2 Å². The lowest BCUT2D eigenvalue weighted by atomic mass is 9.98. The highest BCUT2D eigenvalue weighted by Crippen LogP contribution is 2.44. The van der Waals surface area contributed by atoms with Crippen molar-refractivity contribution in [1.29, 1.82) is 0 Å². The van der Waals surface area contributed by atoms with Crippen molar-refractivity contribution in [2.24, 2.45) is 0 Å². The molecule has 26 heavy (non-hydrogen) atoms. The van der Waals surface area contributed by atoms with Gasteiger partial charge in [-0.1, -0.05) is 54.5 Å². The summed E-state index contributed by atoms with van der Waals surface area (Å²) in [5.74, 6) is 3.23. The minimum Gasteiger partial charge on any atom is -0.472 e. The van der Waals surface area contributed by atoms with E-state index in [4.69, 9.17) is 9.84 Å². The van der Waals surface area contributed by atoms with E-state index >= 15 is 0 Å². The number of carboxylic acids is 1. The molecule has 0 unspecified atom stereocenters. The van der Waals surface area contributed by atoms with E-state index in [0.29, 0.717) is 0 Å². The Morgan fingerprint density at radius 2 is 1.62 bits per heavy atom. The van der Waals surface area contributed by atoms with Gasteiger partial charge in [-0.25, -0.2) is 9.59 Å². The number of fused-ring (bicyclic) bond motifs is 3. The third-order valence-corrected chi connectivity index (χ3v) is 4.24. The summed E-state index contributed by atoms with van der Waals surface area (Å²) in [6.07, 6.45) is -0.628. The average molecular weight is 349 g/mol. The number of carbonyl (C=O) groups excluding carboxylic acids is 1. The molecule has 2 N–H and O–H groups in total. The van der Waals surface area contributed by atoms with Gasteiger partial charge in [-0.3, -0.25) is 0 Å². The Kier molecular flexibility index (Phi) is 4.68. The second-order valence-electron chi connectivity index (χ2n) is 6.63. The minimum atomic E-state index is -1.24. The molecular formula is C21H19NO4. The smallest absolute Gasteiger partial charge is 0.408 e. The molecule has 132 valence electrons. The Labute approximate surface area is 152 Å². The van der Waals surface area contributed by atoms with Crippen LogP contribution in [0.5, 0.6) is 0 Å². The number of hydrogen-bond acceptors (Lipinski definition) is 3. The number of amides is 1. The van der Waals surface area contributed by atoms with Crippen molar-refractivity contribution in [2.45, 2.75) is 25.3 Å². The number of nitrogens with one attached hydrogen (secondary N) is 1. The maximum Gasteiger partial charge on any atom is 0.408 e. The summed E-state index contributed by atoms with van der Waals surface area (Å²) >= 11 is 0. The molecule has 0 aliphatic heterocycles. The van der Waals surface area contributed by atoms with Crippen molar-refractivity contribution >= 4 is 12.1 Å². The summed E-state index contributed by atoms with van der Waals surface area (Å²) in [5, 5.41) is 11.2. The number of benzene rings is 2. The van der Waals surface area contributed by atoms with Gasteiger partial charge in [0.2, 0.25) is 0 Å². The summed E-state index contributed by atoms with van der Waals surface area (Å²) in [6, 6.07) is 16.2. The van der Waals surface area contributed by atoms with E-state index in [1.54, 1.807) is 13.8 Å². The van der Waals surface area contributed by atoms with Gasteiger partial charge in [0.25, 0.3) is 0 Å². The fourth-order valence-electron chi connectivity index (χ4n) is 3.13. The standard InChI is InChI=1S/C21H19NO4/c1-21(2,12-11-19(23)24)22-20(25)26-13-18-16-9-5-3-7-14(16)15-8-4-6-10-17(15)18/h3-10,18H,13H2,1-2H3,(H,22,25)(H,23,24). The van der Waals surface area contributed by atoms with Crippen LogP contribution >= 0.6 is 0 Å². The van der Waals surface area contributed by atoms with Crippen LogP contribution in [0.3, 0.4) is 0 Å². The summed E-state index contributed by atoms with van der Waals surface area (Å²) in [6.45, 7) is 3.43. The van der Waals surface area contributed by atoms with Crippen LogP contribution in [0.4, 0.5) is 4.79 Å². The van der Waals surface area contributed by atoms with Crippen LogP contribution in [0.1, 0.15) is 30.9 Å². The van der Waals surface area contributed by atoms with Gasteiger partial charge in [0.15, 0.2) is 0 Å². The number of carboxylic acid groups (broad SMARTS) is 1. The zero-order valence-corrected chi connectivity index (χ0v) is 14.6. The average Bonchev–Trinajstić information content (AvgIpc) is 2.92. The number of aliphatic carboxylic acids is 1. The summed E-state index contributed by atoms with van der Waals surface area (Å²) < 4.78 is 5.42. The Hall–Kier alpha value is -3.26. The molecular weight excluding hydrogens is 330 g/mol. The van der Waals surface area contributed by atoms with Crippen LogP contribution in [0.25, 0.3) is 11.1 Å². The van der Waals surface area contributed by atoms with Crippen LogP contribution < -0.4 is 5.32 Å². The molecule has 0 saturated heterocycles. The molecule has 2 aromatic carbocycles. The molecule has 0 aromatic heterocycles. The summed E-state index contributed by atoms with van der Waals surface area (Å²) in [4.78, 5) is 22.7. The van der Waals surface area contributed by atoms with E-state index in [1.165, 1.54) is 0 Å². The lowest BCUT2D eigenvalue weighted by molar-refractivity contribution is -0.130. The maximum absolute atomic E-state index is 12.1. The van der Waals surface area contributed by atoms with E-state index in [0.717, 1.165) is 22.3 Å². The van der Waals surface area contributed by atoms with Crippen LogP contribution in [-0.4, -0.2) is 29.3 Å². The Morgan fingerprint density at radius 3 is 2.15 bits per heavy atom. The molecule has 0 fully saturated rings. The fourth-order valence-corrected chi connectivity index (χ4v) is 3.13. The zero-order valence-electron chi connectivity index (χ0n) is 14.6. The van der Waals surface area contributed by atoms with Crippen molar-refractivity contribution in [3.8, 4) is 23.0 Å². The number of ether oxygens (including phenoxy) is 1. The number of hydrogen-bond donors (Lipinski definition) is 2. The van der Waals surface area contributed by atoms with E-state index in [-0.39, 0.29) is 12.5 Å². The molecule has 0 spiro atoms. The van der Waals surface area contributed by atoms with Gasteiger partial charge in [0.05, 0.1) is 5.54 Å². The van der Waals surface area contributed by atoms with Crippen molar-refractivity contribution < 1.29 is 19.4 Å². The van der Waals surface area contributed by atoms with E-state index in [9.17, 15) is 9.59 Å². The quantitative estimate of drug-likeness (QED) is 0.833. The fraction of sp³-hybridized carbons (Fsp3) is 0.238. The van der Waals surface area contributed by atoms with E-state index in [1.807, 2.05) is 42.3 Å². The Balaban J connectivity index is 1.71. The molecule has 2 aromatic rings. The number of rotatable bonds is 3. The van der Waals surface area contributed by atoms with Gasteiger partial charge in [0, 0.05) is 11.8 Å². The minimum absolute atomic E-state index is 0.0265. The topological polar surface area (TPSA) is 75.6 Å². The molecule has 5 nitrogen and oxygen atoms in total. The predicted molar refractivity (Wildman–Crippen MR) is 97.7 cm³/mol. The lowest BCUT2D eigenvalue weighted by Crippen LogP contribution is -2.43. The normalized spacial score (nSPS) is 12.4. The first-order valence-corrected chi connectivity index (χ1v) is 8.26. The third kappa shape index (κ3) is 3.70. The van der Waals surface area contributed by atoms with E-state index < -0.39 is 17.6 Å². The van der Waals surface area contributed by atoms with Crippen LogP contribution in [-0.2, 0) is 9.53 Å². The van der Waals surface area contributed by atoms with Gasteiger partial charge >= 0.3 is 12.1 Å². The predicted octanol–water partition coefficient (Wildman–Crippen LogP) is 3.39. The third-order valence-electron chi connectivity index (χ3n) is 4.24. The van der Waals surface area contributed by atoms with Crippen molar-refractivity contribution in [1.82, 2.24) is 5.32 Å². The molecule has 0 atom stereocenters. The lowest BCUT2D eigenvalue weighted by Gasteiger charge is -2.20. The molecule has 0 radical (unpaired) electrons. The van der Waals surface area contributed by atoms with Gasteiger partial charge in [0.1, 0.15) is 6.61 Å². The Bertz CT molecular complexity index is 875. The molecule has 0 heterocycles. The molecule has 1 aliphatic carbocycles. The number of carbonyl (C=O) groups is 2. The second kappa shape index (κ2) is 6.93. The maximum atomic E-state index is 12.1. The molecule has 5 heteroatoms. The highest BCUT2D eigenvalue weighted by Gasteiger charge is 2.29. The SMILES string of the molecule is CC(C)(C#CC(=O)O)NC(=O)OCC1c2ccccc2-c2ccccc21. The highest BCUT2D eigenvalue weighted by molar-refractivity contribution is 5.87. The highest BCUT2D eigenvalue weighted by atomic mass is 16.5. The summed E-state index contributed by atoms with van der Waals surface area (Å²) in [7, 11) is 0. The first-order valence-electron chi connectivity index (χ1n) is 8.26. The summed E-state index contributed by atoms with van der Waals surface area (Å²) in [5.41, 5.74) is 3.58. The van der Waals surface area contributed by atoms with Gasteiger partial charge in [-0.15, -0.1) is 0 Å². The number of alkyl carbamates (subject to hydrolysis) is 1. The van der Waals surface area contributed by atoms with Crippen LogP contribution in [0.15, 0.2) is 48.5 Å². The second-order valence-corrected chi connectivity index (χ2v) is 6.63. The van der Waals surface area contributed by atoms with Gasteiger partial charge in [-0.2, -0.15) is 0 Å². The molecule has 1 aliphatic rings. The molecule has 3 rings (SSSR count). The van der Waals surface area contributed by atoms with Crippen LogP contribution in [0.2, 0.25) is 0 Å². The van der Waals surface area contributed by atoms with E-state index in [2.05, 4.69) is 23.4 Å². The zero-order chi connectivity index (χ0) is 18.7. The monoisotopic (exact) mass is 349 g/mol. The Morgan fingerprint density at radius 1 is 1.08 bits per heavy atom. The molecule has 0 bridgehead atoms. The first kappa shape index (κ1) is 17.6. The largest absolute Gasteiger partial charge is 0.472 e. The first-order chi connectivity index (χ1) is 12.4. The molecule has 0 saturated carbocycles. The van der Waals surface area contributed by atoms with Gasteiger partial charge in [-0.05, 0) is 36.1 Å².